The third-order valence-corrected chi connectivity index (χ3v) is 4.18. The molecule has 1 unspecified atom stereocenters. The van der Waals surface area contributed by atoms with E-state index in [0.717, 1.165) is 23.7 Å². The van der Waals surface area contributed by atoms with Crippen LogP contribution in [-0.4, -0.2) is 58.9 Å². The van der Waals surface area contributed by atoms with Gasteiger partial charge in [-0.15, -0.1) is 0 Å². The quantitative estimate of drug-likeness (QED) is 0.773. The fourth-order valence-corrected chi connectivity index (χ4v) is 2.82. The van der Waals surface area contributed by atoms with E-state index in [-0.39, 0.29) is 12.0 Å². The van der Waals surface area contributed by atoms with Crippen molar-refractivity contribution in [3.8, 4) is 5.75 Å². The van der Waals surface area contributed by atoms with Crippen LogP contribution in [-0.2, 0) is 11.8 Å². The number of pyridine rings is 1. The molecule has 0 radical (unpaired) electrons. The van der Waals surface area contributed by atoms with Crippen molar-refractivity contribution in [3.63, 3.8) is 0 Å². The van der Waals surface area contributed by atoms with Crippen LogP contribution < -0.4 is 9.64 Å². The summed E-state index contributed by atoms with van der Waals surface area (Å²) in [5.41, 5.74) is 0.895. The molecule has 1 saturated heterocycles. The highest BCUT2D eigenvalue weighted by Crippen LogP contribution is 2.26. The smallest absolute Gasteiger partial charge is 0.246 e. The zero-order valence-corrected chi connectivity index (χ0v) is 14.8. The molecule has 0 saturated carbocycles. The average molecular weight is 341 g/mol. The van der Waals surface area contributed by atoms with E-state index in [1.807, 2.05) is 49.1 Å². The summed E-state index contributed by atoms with van der Waals surface area (Å²) >= 11 is 0. The lowest BCUT2D eigenvalue weighted by atomic mass is 10.3. The number of carbonyl (C=O) groups excluding carboxylic acids is 1. The first kappa shape index (κ1) is 17.0. The number of hydrogen-bond donors (Lipinski definition) is 0. The fourth-order valence-electron chi connectivity index (χ4n) is 2.82. The van der Waals surface area contributed by atoms with Gasteiger partial charge in [0.15, 0.2) is 11.6 Å². The first-order valence-corrected chi connectivity index (χ1v) is 8.28. The highest BCUT2D eigenvalue weighted by atomic mass is 16.5. The van der Waals surface area contributed by atoms with E-state index in [0.29, 0.717) is 13.1 Å². The predicted octanol–water partition coefficient (Wildman–Crippen LogP) is 1.57. The number of aromatic nitrogens is 3. The number of ether oxygens (including phenoxy) is 1. The molecular weight excluding hydrogens is 318 g/mol. The van der Waals surface area contributed by atoms with Gasteiger partial charge < -0.3 is 14.5 Å². The largest absolute Gasteiger partial charge is 0.485 e. The summed E-state index contributed by atoms with van der Waals surface area (Å²) in [4.78, 5) is 20.4. The number of rotatable bonds is 5. The average Bonchev–Trinajstić information content (AvgIpc) is 3.22. The molecule has 0 N–H and O–H groups in total. The Labute approximate surface area is 147 Å². The molecule has 25 heavy (non-hydrogen) atoms. The molecule has 0 aliphatic carbocycles. The van der Waals surface area contributed by atoms with E-state index in [4.69, 9.17) is 4.74 Å². The standard InChI is InChI=1S/C18H23N5O2/c1-21(2)18-16(5-4-10-19-18)25-15-9-12-23(13-15)17(24)7-6-14-8-11-20-22(14)3/h4-8,10-11,15H,9,12-13H2,1-3H3/b7-6+. The molecule has 1 amide bonds. The van der Waals surface area contributed by atoms with E-state index in [1.54, 1.807) is 29.2 Å². The van der Waals surface area contributed by atoms with Gasteiger partial charge in [0.2, 0.25) is 5.91 Å². The number of hydrogen-bond acceptors (Lipinski definition) is 5. The lowest BCUT2D eigenvalue weighted by Crippen LogP contribution is -2.29. The monoisotopic (exact) mass is 341 g/mol. The summed E-state index contributed by atoms with van der Waals surface area (Å²) in [6.45, 7) is 1.27. The molecule has 132 valence electrons. The maximum Gasteiger partial charge on any atom is 0.246 e. The first-order valence-electron chi connectivity index (χ1n) is 8.28. The predicted molar refractivity (Wildman–Crippen MR) is 96.4 cm³/mol. The van der Waals surface area contributed by atoms with Crippen molar-refractivity contribution in [2.75, 3.05) is 32.1 Å². The Hall–Kier alpha value is -2.83. The summed E-state index contributed by atoms with van der Waals surface area (Å²) in [5, 5.41) is 4.08. The van der Waals surface area contributed by atoms with Gasteiger partial charge in [0.25, 0.3) is 0 Å². The molecule has 3 heterocycles. The maximum atomic E-state index is 12.4. The number of aryl methyl sites for hydroxylation is 1. The summed E-state index contributed by atoms with van der Waals surface area (Å²) in [6, 6.07) is 5.64. The minimum atomic E-state index is -0.0167. The molecule has 2 aromatic rings. The number of carbonyl (C=O) groups is 1. The second kappa shape index (κ2) is 7.38. The zero-order chi connectivity index (χ0) is 17.8. The highest BCUT2D eigenvalue weighted by Gasteiger charge is 2.27. The second-order valence-corrected chi connectivity index (χ2v) is 6.25. The molecule has 7 nitrogen and oxygen atoms in total. The van der Waals surface area contributed by atoms with Crippen LogP contribution in [0.15, 0.2) is 36.7 Å². The molecule has 3 rings (SSSR count). The molecule has 1 aliphatic heterocycles. The molecule has 0 aromatic carbocycles. The zero-order valence-electron chi connectivity index (χ0n) is 14.8. The van der Waals surface area contributed by atoms with Gasteiger partial charge in [-0.2, -0.15) is 5.10 Å². The minimum Gasteiger partial charge on any atom is -0.485 e. The molecule has 1 aliphatic rings. The summed E-state index contributed by atoms with van der Waals surface area (Å²) in [6.07, 6.45) is 7.63. The van der Waals surface area contributed by atoms with Gasteiger partial charge in [0, 0.05) is 52.6 Å². The number of likely N-dealkylation sites (tertiary alicyclic amines) is 1. The van der Waals surface area contributed by atoms with Gasteiger partial charge in [0.1, 0.15) is 6.10 Å². The lowest BCUT2D eigenvalue weighted by Gasteiger charge is -2.20. The minimum absolute atomic E-state index is 0.00804. The molecule has 0 bridgehead atoms. The summed E-state index contributed by atoms with van der Waals surface area (Å²) < 4.78 is 7.81. The van der Waals surface area contributed by atoms with Crippen LogP contribution in [0.2, 0.25) is 0 Å². The third-order valence-electron chi connectivity index (χ3n) is 4.18. The third kappa shape index (κ3) is 3.99. The van der Waals surface area contributed by atoms with Crippen molar-refractivity contribution in [1.82, 2.24) is 19.7 Å². The van der Waals surface area contributed by atoms with E-state index < -0.39 is 0 Å². The molecule has 0 spiro atoms. The maximum absolute atomic E-state index is 12.4. The fraction of sp³-hybridized carbons (Fsp3) is 0.389. The summed E-state index contributed by atoms with van der Waals surface area (Å²) in [5.74, 6) is 1.53. The topological polar surface area (TPSA) is 63.5 Å². The Morgan fingerprint density at radius 3 is 2.92 bits per heavy atom. The van der Waals surface area contributed by atoms with Crippen LogP contribution in [0, 0.1) is 0 Å². The Morgan fingerprint density at radius 2 is 2.20 bits per heavy atom. The van der Waals surface area contributed by atoms with Gasteiger partial charge in [-0.1, -0.05) is 0 Å². The van der Waals surface area contributed by atoms with Crippen molar-refractivity contribution in [3.05, 3.63) is 42.4 Å². The van der Waals surface area contributed by atoms with Gasteiger partial charge in [-0.3, -0.25) is 9.48 Å². The van der Waals surface area contributed by atoms with E-state index in [2.05, 4.69) is 10.1 Å². The van der Waals surface area contributed by atoms with Crippen molar-refractivity contribution in [1.29, 1.82) is 0 Å². The van der Waals surface area contributed by atoms with Gasteiger partial charge >= 0.3 is 0 Å². The van der Waals surface area contributed by atoms with E-state index in [9.17, 15) is 4.79 Å². The SMILES string of the molecule is CN(C)c1ncccc1OC1CCN(C(=O)/C=C/c2ccnn2C)C1. The summed E-state index contributed by atoms with van der Waals surface area (Å²) in [7, 11) is 5.71. The van der Waals surface area contributed by atoms with Crippen molar-refractivity contribution < 1.29 is 9.53 Å². The van der Waals surface area contributed by atoms with Gasteiger partial charge in [0.05, 0.1) is 12.2 Å². The Morgan fingerprint density at radius 1 is 1.36 bits per heavy atom. The Balaban J connectivity index is 1.59. The van der Waals surface area contributed by atoms with Gasteiger partial charge in [-0.25, -0.2) is 4.98 Å². The first-order chi connectivity index (χ1) is 12.0. The molecule has 1 fully saturated rings. The number of amides is 1. The molecular formula is C18H23N5O2. The van der Waals surface area contributed by atoms with Crippen molar-refractivity contribution in [2.24, 2.45) is 7.05 Å². The number of nitrogens with zero attached hydrogens (tertiary/aromatic N) is 5. The lowest BCUT2D eigenvalue weighted by molar-refractivity contribution is -0.125. The van der Waals surface area contributed by atoms with Crippen LogP contribution in [0.1, 0.15) is 12.1 Å². The van der Waals surface area contributed by atoms with Crippen molar-refractivity contribution in [2.45, 2.75) is 12.5 Å². The Kier molecular flexibility index (Phi) is 5.02. The van der Waals surface area contributed by atoms with Crippen molar-refractivity contribution >= 4 is 17.8 Å². The highest BCUT2D eigenvalue weighted by molar-refractivity contribution is 5.91. The normalized spacial score (nSPS) is 17.2. The van der Waals surface area contributed by atoms with Crippen LogP contribution >= 0.6 is 0 Å². The molecule has 1 atom stereocenters. The van der Waals surface area contributed by atoms with E-state index >= 15 is 0 Å². The van der Waals surface area contributed by atoms with Gasteiger partial charge in [-0.05, 0) is 24.3 Å². The van der Waals surface area contributed by atoms with Crippen LogP contribution in [0.3, 0.4) is 0 Å². The van der Waals surface area contributed by atoms with Crippen LogP contribution in [0.5, 0.6) is 5.75 Å². The second-order valence-electron chi connectivity index (χ2n) is 6.25. The van der Waals surface area contributed by atoms with Crippen LogP contribution in [0.25, 0.3) is 6.08 Å². The number of anilines is 1. The molecule has 7 heteroatoms. The van der Waals surface area contributed by atoms with Crippen LogP contribution in [0.4, 0.5) is 5.82 Å². The van der Waals surface area contributed by atoms with E-state index in [1.165, 1.54) is 0 Å². The molecule has 2 aromatic heterocycles. The Bertz CT molecular complexity index is 768.